The van der Waals surface area contributed by atoms with Crippen LogP contribution in [0.25, 0.3) is 0 Å². The molecule has 4 aliphatic rings. The van der Waals surface area contributed by atoms with Gasteiger partial charge in [-0.3, -0.25) is 4.79 Å². The number of nitrogens with two attached hydrogens (primary N) is 1. The minimum absolute atomic E-state index is 0.139. The highest BCUT2D eigenvalue weighted by atomic mass is 16.2. The minimum Gasteiger partial charge on any atom is -0.402 e. The van der Waals surface area contributed by atoms with E-state index in [1.165, 1.54) is 69.1 Å². The van der Waals surface area contributed by atoms with Crippen LogP contribution in [0.15, 0.2) is 11.3 Å². The third-order valence-corrected chi connectivity index (χ3v) is 8.71. The van der Waals surface area contributed by atoms with Crippen molar-refractivity contribution in [2.45, 2.75) is 104 Å². The Balaban J connectivity index is 1.49. The maximum absolute atomic E-state index is 13.2. The molecule has 0 spiro atoms. The predicted molar refractivity (Wildman–Crippen MR) is 111 cm³/mol. The van der Waals surface area contributed by atoms with Crippen LogP contribution < -0.4 is 11.1 Å². The number of nitrogens with one attached hydrogen (secondary N) is 1. The quantitative estimate of drug-likeness (QED) is 0.706. The van der Waals surface area contributed by atoms with Crippen LogP contribution in [0.1, 0.15) is 97.8 Å². The Morgan fingerprint density at radius 3 is 2.33 bits per heavy atom. The van der Waals surface area contributed by atoms with E-state index in [4.69, 9.17) is 5.73 Å². The van der Waals surface area contributed by atoms with Crippen molar-refractivity contribution in [3.05, 3.63) is 11.3 Å². The van der Waals surface area contributed by atoms with Gasteiger partial charge in [-0.25, -0.2) is 0 Å². The third-order valence-electron chi connectivity index (χ3n) is 8.71. The Hall–Kier alpha value is -0.990. The summed E-state index contributed by atoms with van der Waals surface area (Å²) in [6.07, 6.45) is 14.5. The van der Waals surface area contributed by atoms with E-state index in [-0.39, 0.29) is 10.8 Å². The Bertz CT molecular complexity index is 610. The highest BCUT2D eigenvalue weighted by Gasteiger charge is 2.48. The van der Waals surface area contributed by atoms with Crippen LogP contribution in [0.4, 0.5) is 0 Å². The highest BCUT2D eigenvalue weighted by Crippen LogP contribution is 2.54. The largest absolute Gasteiger partial charge is 0.402 e. The summed E-state index contributed by atoms with van der Waals surface area (Å²) in [6, 6.07) is 0.339. The van der Waals surface area contributed by atoms with Gasteiger partial charge in [-0.05, 0) is 75.5 Å². The average Bonchev–Trinajstić information content (AvgIpc) is 2.57. The van der Waals surface area contributed by atoms with Crippen LogP contribution in [-0.2, 0) is 4.79 Å². The third kappa shape index (κ3) is 3.56. The van der Waals surface area contributed by atoms with Crippen LogP contribution in [0, 0.1) is 28.6 Å². The van der Waals surface area contributed by atoms with Crippen molar-refractivity contribution in [1.82, 2.24) is 5.32 Å². The summed E-state index contributed by atoms with van der Waals surface area (Å²) >= 11 is 0. The number of carbonyl (C=O) groups excluding carboxylic acids is 1. The number of allylic oxidation sites excluding steroid dienone is 2. The molecule has 152 valence electrons. The van der Waals surface area contributed by atoms with Gasteiger partial charge in [0.15, 0.2) is 0 Å². The van der Waals surface area contributed by atoms with Crippen molar-refractivity contribution < 1.29 is 4.79 Å². The molecule has 0 saturated heterocycles. The molecule has 2 bridgehead atoms. The van der Waals surface area contributed by atoms with Gasteiger partial charge in [0.05, 0.1) is 0 Å². The molecule has 5 atom stereocenters. The zero-order valence-corrected chi connectivity index (χ0v) is 17.8. The molecule has 4 rings (SSSR count). The van der Waals surface area contributed by atoms with E-state index < -0.39 is 0 Å². The Kier molecular flexibility index (Phi) is 5.10. The molecule has 4 aliphatic carbocycles. The topological polar surface area (TPSA) is 55.1 Å². The van der Waals surface area contributed by atoms with E-state index in [9.17, 15) is 4.79 Å². The molecular formula is C24H40N2O. The lowest BCUT2D eigenvalue weighted by Crippen LogP contribution is -2.55. The van der Waals surface area contributed by atoms with Crippen molar-refractivity contribution >= 4 is 5.91 Å². The minimum atomic E-state index is -0.139. The molecule has 3 nitrogen and oxygen atoms in total. The molecule has 4 fully saturated rings. The zero-order chi connectivity index (χ0) is 19.2. The first-order valence-electron chi connectivity index (χ1n) is 11.6. The van der Waals surface area contributed by atoms with E-state index in [1.54, 1.807) is 0 Å². The van der Waals surface area contributed by atoms with E-state index in [2.05, 4.69) is 26.1 Å². The van der Waals surface area contributed by atoms with Crippen LogP contribution in [0.2, 0.25) is 0 Å². The summed E-state index contributed by atoms with van der Waals surface area (Å²) in [7, 11) is 0. The van der Waals surface area contributed by atoms with Crippen molar-refractivity contribution in [3.63, 3.8) is 0 Å². The summed E-state index contributed by atoms with van der Waals surface area (Å²) < 4.78 is 0. The smallest absolute Gasteiger partial charge is 0.226 e. The molecule has 0 heterocycles. The predicted octanol–water partition coefficient (Wildman–Crippen LogP) is 5.30. The normalized spacial score (nSPS) is 40.8. The second kappa shape index (κ2) is 7.12. The van der Waals surface area contributed by atoms with Gasteiger partial charge in [0.1, 0.15) is 0 Å². The average molecular weight is 373 g/mol. The molecule has 0 aromatic heterocycles. The van der Waals surface area contributed by atoms with Gasteiger partial charge < -0.3 is 11.1 Å². The Morgan fingerprint density at radius 2 is 1.70 bits per heavy atom. The van der Waals surface area contributed by atoms with Crippen molar-refractivity contribution in [2.24, 2.45) is 34.3 Å². The van der Waals surface area contributed by atoms with Crippen molar-refractivity contribution in [1.29, 1.82) is 0 Å². The second-order valence-corrected chi connectivity index (χ2v) is 11.0. The number of amides is 1. The standard InChI is InChI=1S/C24H40N2O/c1-16-12-17-13-19(15-24(3,14-17)21(25)18-8-7-9-18)20(16)26-22(27)23(2)10-5-4-6-11-23/h16-17,19-20H,4-15,25H2,1-3H3,(H,26,27). The molecular weight excluding hydrogens is 332 g/mol. The number of hydrogen-bond donors (Lipinski definition) is 2. The van der Waals surface area contributed by atoms with Crippen LogP contribution in [-0.4, -0.2) is 11.9 Å². The fraction of sp³-hybridized carbons (Fsp3) is 0.875. The molecule has 3 heteroatoms. The number of hydrogen-bond acceptors (Lipinski definition) is 2. The number of rotatable bonds is 3. The van der Waals surface area contributed by atoms with E-state index in [1.807, 2.05) is 0 Å². The number of fused-ring (bicyclic) bond motifs is 2. The first kappa shape index (κ1) is 19.3. The fourth-order valence-electron chi connectivity index (χ4n) is 6.90. The molecule has 3 N–H and O–H groups in total. The highest BCUT2D eigenvalue weighted by molar-refractivity contribution is 5.82. The molecule has 0 radical (unpaired) electrons. The fourth-order valence-corrected chi connectivity index (χ4v) is 6.90. The van der Waals surface area contributed by atoms with Gasteiger partial charge in [0, 0.05) is 22.6 Å². The zero-order valence-electron chi connectivity index (χ0n) is 17.8. The Morgan fingerprint density at radius 1 is 1.00 bits per heavy atom. The maximum atomic E-state index is 13.2. The van der Waals surface area contributed by atoms with E-state index >= 15 is 0 Å². The van der Waals surface area contributed by atoms with Gasteiger partial charge in [-0.15, -0.1) is 0 Å². The second-order valence-electron chi connectivity index (χ2n) is 11.0. The van der Waals surface area contributed by atoms with Crippen LogP contribution in [0.5, 0.6) is 0 Å². The van der Waals surface area contributed by atoms with Gasteiger partial charge in [-0.2, -0.15) is 0 Å². The van der Waals surface area contributed by atoms with Gasteiger partial charge in [0.25, 0.3) is 0 Å². The summed E-state index contributed by atoms with van der Waals surface area (Å²) in [5.74, 6) is 2.29. The molecule has 0 aliphatic heterocycles. The lowest BCUT2D eigenvalue weighted by atomic mass is 9.56. The van der Waals surface area contributed by atoms with Crippen molar-refractivity contribution in [3.8, 4) is 0 Å². The summed E-state index contributed by atoms with van der Waals surface area (Å²) in [5, 5.41) is 3.57. The van der Waals surface area contributed by atoms with Gasteiger partial charge in [0.2, 0.25) is 5.91 Å². The number of carbonyl (C=O) groups is 1. The summed E-state index contributed by atoms with van der Waals surface area (Å²) in [6.45, 7) is 6.97. The lowest BCUT2D eigenvalue weighted by molar-refractivity contribution is -0.134. The molecule has 4 saturated carbocycles. The van der Waals surface area contributed by atoms with Crippen molar-refractivity contribution in [2.75, 3.05) is 0 Å². The first-order valence-corrected chi connectivity index (χ1v) is 11.6. The molecule has 0 aromatic carbocycles. The van der Waals surface area contributed by atoms with Crippen LogP contribution >= 0.6 is 0 Å². The first-order chi connectivity index (χ1) is 12.8. The van der Waals surface area contributed by atoms with Crippen LogP contribution in [0.3, 0.4) is 0 Å². The summed E-state index contributed by atoms with van der Waals surface area (Å²) in [5.41, 5.74) is 9.46. The molecule has 0 aromatic rings. The SMILES string of the molecule is CC1CC2CC(CC(C)(C(N)=C3CCC3)C2)C1NC(=O)C1(C)CCCCC1. The molecule has 5 unspecified atom stereocenters. The Labute approximate surface area is 165 Å². The van der Waals surface area contributed by atoms with E-state index in [0.717, 1.165) is 25.2 Å². The lowest BCUT2D eigenvalue weighted by Gasteiger charge is -2.52. The monoisotopic (exact) mass is 372 g/mol. The summed E-state index contributed by atoms with van der Waals surface area (Å²) in [4.78, 5) is 13.2. The van der Waals surface area contributed by atoms with Gasteiger partial charge in [-0.1, -0.05) is 45.6 Å². The van der Waals surface area contributed by atoms with E-state index in [0.29, 0.717) is 23.8 Å². The van der Waals surface area contributed by atoms with Gasteiger partial charge >= 0.3 is 0 Å². The molecule has 27 heavy (non-hydrogen) atoms. The maximum Gasteiger partial charge on any atom is 0.226 e. The molecule has 1 amide bonds.